The van der Waals surface area contributed by atoms with Crippen LogP contribution in [0.2, 0.25) is 0 Å². The molecule has 7 heteroatoms. The zero-order valence-electron chi connectivity index (χ0n) is 17.4. The fourth-order valence-corrected chi connectivity index (χ4v) is 3.18. The van der Waals surface area contributed by atoms with Crippen LogP contribution in [-0.4, -0.2) is 56.3 Å². The van der Waals surface area contributed by atoms with Crippen LogP contribution in [0.1, 0.15) is 38.7 Å². The third kappa shape index (κ3) is 7.95. The first kappa shape index (κ1) is 24.7. The molecule has 3 N–H and O–H groups in total. The summed E-state index contributed by atoms with van der Waals surface area (Å²) >= 11 is 0. The Hall–Kier alpha value is -1.34. The minimum absolute atomic E-state index is 0. The van der Waals surface area contributed by atoms with E-state index in [1.54, 1.807) is 0 Å². The van der Waals surface area contributed by atoms with Gasteiger partial charge in [0.25, 0.3) is 0 Å². The predicted octanol–water partition coefficient (Wildman–Crippen LogP) is 2.59. The summed E-state index contributed by atoms with van der Waals surface area (Å²) in [6, 6.07) is 7.98. The number of nitrogens with two attached hydrogens (primary N) is 1. The topological polar surface area (TPSA) is 76.8 Å². The molecule has 2 atom stereocenters. The van der Waals surface area contributed by atoms with Crippen molar-refractivity contribution in [3.05, 3.63) is 29.8 Å². The van der Waals surface area contributed by atoms with E-state index < -0.39 is 6.04 Å². The minimum Gasteiger partial charge on any atom is -0.492 e. The maximum atomic E-state index is 12.1. The van der Waals surface area contributed by atoms with Crippen LogP contribution in [0.3, 0.4) is 0 Å². The number of ether oxygens (including phenoxy) is 2. The van der Waals surface area contributed by atoms with Crippen molar-refractivity contribution < 1.29 is 14.3 Å². The number of amides is 1. The van der Waals surface area contributed by atoms with Gasteiger partial charge >= 0.3 is 0 Å². The number of nitrogens with one attached hydrogen (secondary N) is 1. The summed E-state index contributed by atoms with van der Waals surface area (Å²) in [5, 5.41) is 2.92. The average molecular weight is 414 g/mol. The Morgan fingerprint density at radius 2 is 2.11 bits per heavy atom. The van der Waals surface area contributed by atoms with Crippen LogP contribution in [0.25, 0.3) is 0 Å². The summed E-state index contributed by atoms with van der Waals surface area (Å²) in [5.74, 6) is 0.898. The van der Waals surface area contributed by atoms with Crippen LogP contribution in [0.5, 0.6) is 5.75 Å². The first-order valence-electron chi connectivity index (χ1n) is 10.0. The van der Waals surface area contributed by atoms with E-state index >= 15 is 0 Å². The third-order valence-electron chi connectivity index (χ3n) is 5.45. The van der Waals surface area contributed by atoms with E-state index in [9.17, 15) is 4.79 Å². The highest BCUT2D eigenvalue weighted by molar-refractivity contribution is 5.85. The van der Waals surface area contributed by atoms with Crippen molar-refractivity contribution >= 4 is 18.3 Å². The summed E-state index contributed by atoms with van der Waals surface area (Å²) in [7, 11) is 2.14. The molecule has 28 heavy (non-hydrogen) atoms. The SMILES string of the molecule is CCC(C)C(N)C(=O)NCc1cccc(OCCN(C)C2CCOCC2)c1.Cl. The van der Waals surface area contributed by atoms with Crippen molar-refractivity contribution in [2.24, 2.45) is 11.7 Å². The van der Waals surface area contributed by atoms with E-state index in [0.29, 0.717) is 19.2 Å². The molecule has 1 heterocycles. The van der Waals surface area contributed by atoms with Gasteiger partial charge in [-0.15, -0.1) is 12.4 Å². The Labute approximate surface area is 175 Å². The van der Waals surface area contributed by atoms with Gasteiger partial charge in [0.15, 0.2) is 0 Å². The molecular weight excluding hydrogens is 378 g/mol. The van der Waals surface area contributed by atoms with E-state index in [0.717, 1.165) is 50.3 Å². The Kier molecular flexibility index (Phi) is 11.5. The number of likely N-dealkylation sites (N-methyl/N-ethyl adjacent to an activating group) is 1. The molecule has 0 bridgehead atoms. The van der Waals surface area contributed by atoms with Gasteiger partial charge in [-0.05, 0) is 43.5 Å². The van der Waals surface area contributed by atoms with Gasteiger partial charge in [-0.2, -0.15) is 0 Å². The number of benzene rings is 1. The second kappa shape index (κ2) is 13.0. The second-order valence-corrected chi connectivity index (χ2v) is 7.45. The predicted molar refractivity (Wildman–Crippen MR) is 115 cm³/mol. The summed E-state index contributed by atoms with van der Waals surface area (Å²) < 4.78 is 11.3. The summed E-state index contributed by atoms with van der Waals surface area (Å²) in [6.45, 7) is 7.73. The van der Waals surface area contributed by atoms with Gasteiger partial charge in [0, 0.05) is 32.3 Å². The van der Waals surface area contributed by atoms with Crippen molar-refractivity contribution in [3.63, 3.8) is 0 Å². The van der Waals surface area contributed by atoms with Crippen LogP contribution >= 0.6 is 12.4 Å². The number of hydrogen-bond acceptors (Lipinski definition) is 5. The second-order valence-electron chi connectivity index (χ2n) is 7.45. The molecule has 1 aliphatic rings. The lowest BCUT2D eigenvalue weighted by atomic mass is 9.99. The molecule has 1 amide bonds. The van der Waals surface area contributed by atoms with E-state index in [-0.39, 0.29) is 24.2 Å². The standard InChI is InChI=1S/C21H35N3O3.ClH/c1-4-16(2)20(22)21(25)23-15-17-6-5-7-19(14-17)27-13-10-24(3)18-8-11-26-12-9-18;/h5-7,14,16,18,20H,4,8-13,15,22H2,1-3H3,(H,23,25);1H. The molecule has 6 nitrogen and oxygen atoms in total. The quantitative estimate of drug-likeness (QED) is 0.616. The van der Waals surface area contributed by atoms with Crippen molar-refractivity contribution in [2.45, 2.75) is 51.7 Å². The van der Waals surface area contributed by atoms with Crippen LogP contribution in [-0.2, 0) is 16.1 Å². The summed E-state index contributed by atoms with van der Waals surface area (Å²) in [6.07, 6.45) is 3.06. The lowest BCUT2D eigenvalue weighted by Gasteiger charge is -2.31. The Bertz CT molecular complexity index is 582. The maximum absolute atomic E-state index is 12.1. The van der Waals surface area contributed by atoms with Crippen molar-refractivity contribution in [3.8, 4) is 5.75 Å². The van der Waals surface area contributed by atoms with Gasteiger partial charge in [0.05, 0.1) is 6.04 Å². The number of carbonyl (C=O) groups excluding carboxylic acids is 1. The molecule has 2 rings (SSSR count). The molecule has 0 aromatic heterocycles. The van der Waals surface area contributed by atoms with Gasteiger partial charge in [0.1, 0.15) is 12.4 Å². The van der Waals surface area contributed by atoms with Gasteiger partial charge in [-0.25, -0.2) is 0 Å². The zero-order chi connectivity index (χ0) is 19.6. The van der Waals surface area contributed by atoms with Crippen molar-refractivity contribution in [1.29, 1.82) is 0 Å². The lowest BCUT2D eigenvalue weighted by Crippen LogP contribution is -2.44. The Balaban J connectivity index is 0.00000392. The fourth-order valence-electron chi connectivity index (χ4n) is 3.18. The van der Waals surface area contributed by atoms with E-state index in [2.05, 4.69) is 17.3 Å². The smallest absolute Gasteiger partial charge is 0.237 e. The maximum Gasteiger partial charge on any atom is 0.237 e. The minimum atomic E-state index is -0.463. The lowest BCUT2D eigenvalue weighted by molar-refractivity contribution is -0.123. The normalized spacial score (nSPS) is 16.9. The van der Waals surface area contributed by atoms with Crippen LogP contribution in [0.4, 0.5) is 0 Å². The van der Waals surface area contributed by atoms with Gasteiger partial charge in [0.2, 0.25) is 5.91 Å². The molecule has 2 unspecified atom stereocenters. The third-order valence-corrected chi connectivity index (χ3v) is 5.45. The summed E-state index contributed by atoms with van der Waals surface area (Å²) in [5.41, 5.74) is 6.98. The molecule has 0 aliphatic carbocycles. The van der Waals surface area contributed by atoms with Gasteiger partial charge in [-0.1, -0.05) is 32.4 Å². The highest BCUT2D eigenvalue weighted by Crippen LogP contribution is 2.15. The summed E-state index contributed by atoms with van der Waals surface area (Å²) in [4.78, 5) is 14.5. The first-order chi connectivity index (χ1) is 13.0. The van der Waals surface area contributed by atoms with Gasteiger partial charge in [-0.3, -0.25) is 9.69 Å². The first-order valence-corrected chi connectivity index (χ1v) is 10.0. The molecule has 0 radical (unpaired) electrons. The Morgan fingerprint density at radius 3 is 2.79 bits per heavy atom. The van der Waals surface area contributed by atoms with E-state index in [1.165, 1.54) is 0 Å². The van der Waals surface area contributed by atoms with Crippen LogP contribution < -0.4 is 15.8 Å². The molecule has 0 saturated carbocycles. The molecular formula is C21H36ClN3O3. The average Bonchev–Trinajstić information content (AvgIpc) is 2.71. The number of halogens is 1. The number of nitrogens with zero attached hydrogens (tertiary/aromatic N) is 1. The molecule has 1 aliphatic heterocycles. The molecule has 160 valence electrons. The molecule has 1 aromatic rings. The molecule has 1 aromatic carbocycles. The van der Waals surface area contributed by atoms with Crippen LogP contribution in [0, 0.1) is 5.92 Å². The van der Waals surface area contributed by atoms with Crippen molar-refractivity contribution in [1.82, 2.24) is 10.2 Å². The van der Waals surface area contributed by atoms with E-state index in [1.807, 2.05) is 38.1 Å². The largest absolute Gasteiger partial charge is 0.492 e. The highest BCUT2D eigenvalue weighted by atomic mass is 35.5. The molecule has 1 saturated heterocycles. The highest BCUT2D eigenvalue weighted by Gasteiger charge is 2.19. The van der Waals surface area contributed by atoms with E-state index in [4.69, 9.17) is 15.2 Å². The van der Waals surface area contributed by atoms with Crippen LogP contribution in [0.15, 0.2) is 24.3 Å². The molecule has 0 spiro atoms. The number of carbonyl (C=O) groups is 1. The fraction of sp³-hybridized carbons (Fsp3) is 0.667. The Morgan fingerprint density at radius 1 is 1.39 bits per heavy atom. The number of rotatable bonds is 10. The monoisotopic (exact) mass is 413 g/mol. The van der Waals surface area contributed by atoms with Crippen molar-refractivity contribution in [2.75, 3.05) is 33.4 Å². The number of hydrogen-bond donors (Lipinski definition) is 2. The zero-order valence-corrected chi connectivity index (χ0v) is 18.2. The molecule has 1 fully saturated rings. The van der Waals surface area contributed by atoms with Gasteiger partial charge < -0.3 is 20.5 Å².